The first-order chi connectivity index (χ1) is 12.7. The number of amides is 2. The molecule has 0 bridgehead atoms. The van der Waals surface area contributed by atoms with Crippen LogP contribution in [0.1, 0.15) is 62.4 Å². The first-order valence-electron chi connectivity index (χ1n) is 9.08. The fourth-order valence-corrected chi connectivity index (χ4v) is 3.73. The number of anilines is 1. The Morgan fingerprint density at radius 1 is 1.30 bits per heavy atom. The lowest BCUT2D eigenvalue weighted by Gasteiger charge is -2.34. The number of ether oxygens (including phenoxy) is 1. The van der Waals surface area contributed by atoms with Gasteiger partial charge in [0.25, 0.3) is 5.91 Å². The minimum absolute atomic E-state index is 0.00172. The second kappa shape index (κ2) is 7.50. The van der Waals surface area contributed by atoms with Gasteiger partial charge in [0.2, 0.25) is 0 Å². The van der Waals surface area contributed by atoms with Crippen LogP contribution in [0.3, 0.4) is 0 Å². The summed E-state index contributed by atoms with van der Waals surface area (Å²) in [6, 6.07) is -0.436. The smallest absolute Gasteiger partial charge is 0.407 e. The van der Waals surface area contributed by atoms with Crippen molar-refractivity contribution in [3.63, 3.8) is 0 Å². The van der Waals surface area contributed by atoms with Gasteiger partial charge in [-0.15, -0.1) is 0 Å². The lowest BCUT2D eigenvalue weighted by molar-refractivity contribution is 0.0488. The van der Waals surface area contributed by atoms with Crippen LogP contribution < -0.4 is 16.0 Å². The van der Waals surface area contributed by atoms with E-state index in [4.69, 9.17) is 16.3 Å². The van der Waals surface area contributed by atoms with Crippen molar-refractivity contribution in [3.05, 3.63) is 22.1 Å². The van der Waals surface area contributed by atoms with Gasteiger partial charge in [0, 0.05) is 18.2 Å². The highest BCUT2D eigenvalue weighted by Gasteiger charge is 2.32. The standard InChI is InChI=1S/C18H24ClFN4O3/c1-18(2,3)27-17(26)23-11-7-5-4-6-10(11)22-15-13(20)9-8-21-16(25)12(9)14(19)24-15/h10-11H,4-8H2,1-3H3,(H,21,25)(H,22,24)(H,23,26)/t10-,11+/m1/s1. The Balaban J connectivity index is 1.76. The van der Waals surface area contributed by atoms with Crippen molar-refractivity contribution in [2.75, 3.05) is 5.32 Å². The molecule has 2 heterocycles. The topological polar surface area (TPSA) is 92.3 Å². The zero-order valence-electron chi connectivity index (χ0n) is 15.6. The molecule has 2 atom stereocenters. The second-order valence-corrected chi connectivity index (χ2v) is 8.25. The number of carbonyl (C=O) groups excluding carboxylic acids is 2. The van der Waals surface area contributed by atoms with Crippen molar-refractivity contribution in [2.24, 2.45) is 0 Å². The quantitative estimate of drug-likeness (QED) is 0.679. The SMILES string of the molecule is CC(C)(C)OC(=O)N[C@H]1CCCC[C@H]1Nc1nc(Cl)c2c(c1F)CNC2=O. The molecule has 9 heteroatoms. The number of alkyl carbamates (subject to hydrolysis) is 1. The highest BCUT2D eigenvalue weighted by atomic mass is 35.5. The van der Waals surface area contributed by atoms with E-state index >= 15 is 0 Å². The molecule has 2 aliphatic rings. The molecule has 1 aliphatic carbocycles. The molecule has 1 aromatic heterocycles. The maximum absolute atomic E-state index is 14.8. The van der Waals surface area contributed by atoms with Gasteiger partial charge in [-0.2, -0.15) is 0 Å². The molecule has 1 aliphatic heterocycles. The van der Waals surface area contributed by atoms with E-state index < -0.39 is 23.4 Å². The zero-order chi connectivity index (χ0) is 19.8. The molecule has 7 nitrogen and oxygen atoms in total. The van der Waals surface area contributed by atoms with E-state index in [2.05, 4.69) is 20.9 Å². The van der Waals surface area contributed by atoms with Gasteiger partial charge in [0.05, 0.1) is 11.6 Å². The van der Waals surface area contributed by atoms with Crippen LogP contribution in [0.25, 0.3) is 0 Å². The van der Waals surface area contributed by atoms with E-state index in [0.29, 0.717) is 0 Å². The van der Waals surface area contributed by atoms with Crippen LogP contribution in [0.2, 0.25) is 5.15 Å². The van der Waals surface area contributed by atoms with Crippen LogP contribution in [-0.4, -0.2) is 34.7 Å². The first kappa shape index (κ1) is 19.7. The maximum atomic E-state index is 14.8. The van der Waals surface area contributed by atoms with Crippen LogP contribution in [0, 0.1) is 5.82 Å². The monoisotopic (exact) mass is 398 g/mol. The van der Waals surface area contributed by atoms with E-state index in [-0.39, 0.29) is 40.7 Å². The van der Waals surface area contributed by atoms with Gasteiger partial charge in [-0.05, 0) is 33.6 Å². The molecule has 27 heavy (non-hydrogen) atoms. The molecule has 0 saturated heterocycles. The summed E-state index contributed by atoms with van der Waals surface area (Å²) in [5, 5.41) is 8.46. The fraction of sp³-hybridized carbons (Fsp3) is 0.611. The Bertz CT molecular complexity index is 766. The summed E-state index contributed by atoms with van der Waals surface area (Å²) in [5.41, 5.74) is -0.288. The number of pyridine rings is 1. The molecule has 0 unspecified atom stereocenters. The summed E-state index contributed by atoms with van der Waals surface area (Å²) in [7, 11) is 0. The molecule has 0 spiro atoms. The lowest BCUT2D eigenvalue weighted by Crippen LogP contribution is -2.50. The van der Waals surface area contributed by atoms with Crippen LogP contribution in [-0.2, 0) is 11.3 Å². The Labute approximate surface area is 162 Å². The summed E-state index contributed by atoms with van der Waals surface area (Å²) in [4.78, 5) is 27.9. The predicted octanol–water partition coefficient (Wildman–Crippen LogP) is 3.37. The third kappa shape index (κ3) is 4.43. The van der Waals surface area contributed by atoms with Gasteiger partial charge in [0.15, 0.2) is 11.6 Å². The lowest BCUT2D eigenvalue weighted by atomic mass is 9.90. The Morgan fingerprint density at radius 3 is 2.63 bits per heavy atom. The highest BCUT2D eigenvalue weighted by molar-refractivity contribution is 6.33. The van der Waals surface area contributed by atoms with E-state index in [0.717, 1.165) is 25.7 Å². The van der Waals surface area contributed by atoms with Gasteiger partial charge in [-0.25, -0.2) is 14.2 Å². The van der Waals surface area contributed by atoms with Crippen molar-refractivity contribution < 1.29 is 18.7 Å². The predicted molar refractivity (Wildman–Crippen MR) is 99.4 cm³/mol. The van der Waals surface area contributed by atoms with Gasteiger partial charge >= 0.3 is 6.09 Å². The highest BCUT2D eigenvalue weighted by Crippen LogP contribution is 2.31. The van der Waals surface area contributed by atoms with Crippen molar-refractivity contribution in [1.29, 1.82) is 0 Å². The average molecular weight is 399 g/mol. The number of nitrogens with zero attached hydrogens (tertiary/aromatic N) is 1. The van der Waals surface area contributed by atoms with Crippen LogP contribution >= 0.6 is 11.6 Å². The Hall–Kier alpha value is -2.09. The number of fused-ring (bicyclic) bond motifs is 1. The van der Waals surface area contributed by atoms with Gasteiger partial charge in [-0.3, -0.25) is 4.79 Å². The molecule has 2 amide bonds. The minimum Gasteiger partial charge on any atom is -0.444 e. The molecule has 0 radical (unpaired) electrons. The molecule has 1 saturated carbocycles. The van der Waals surface area contributed by atoms with Gasteiger partial charge in [-0.1, -0.05) is 24.4 Å². The number of halogens is 2. The van der Waals surface area contributed by atoms with E-state index in [9.17, 15) is 14.0 Å². The third-order valence-electron chi connectivity index (χ3n) is 4.63. The summed E-state index contributed by atoms with van der Waals surface area (Å²) >= 11 is 6.08. The van der Waals surface area contributed by atoms with E-state index in [1.807, 2.05) is 0 Å². The number of hydrogen-bond acceptors (Lipinski definition) is 5. The van der Waals surface area contributed by atoms with Crippen molar-refractivity contribution in [2.45, 2.75) is 70.7 Å². The molecule has 1 fully saturated rings. The zero-order valence-corrected chi connectivity index (χ0v) is 16.4. The molecule has 148 valence electrons. The van der Waals surface area contributed by atoms with E-state index in [1.165, 1.54) is 0 Å². The van der Waals surface area contributed by atoms with Crippen molar-refractivity contribution in [3.8, 4) is 0 Å². The molecular weight excluding hydrogens is 375 g/mol. The molecule has 3 rings (SSSR count). The Morgan fingerprint density at radius 2 is 1.96 bits per heavy atom. The molecular formula is C18H24ClFN4O3. The van der Waals surface area contributed by atoms with E-state index in [1.54, 1.807) is 20.8 Å². The molecule has 1 aromatic rings. The number of aromatic nitrogens is 1. The summed E-state index contributed by atoms with van der Waals surface area (Å²) < 4.78 is 20.1. The normalized spacial score (nSPS) is 22.0. The van der Waals surface area contributed by atoms with Gasteiger partial charge < -0.3 is 20.7 Å². The van der Waals surface area contributed by atoms with Crippen LogP contribution in [0.5, 0.6) is 0 Å². The third-order valence-corrected chi connectivity index (χ3v) is 4.91. The van der Waals surface area contributed by atoms with Gasteiger partial charge in [0.1, 0.15) is 10.8 Å². The summed E-state index contributed by atoms with van der Waals surface area (Å²) in [6.45, 7) is 5.47. The Kier molecular flexibility index (Phi) is 5.46. The molecule has 0 aromatic carbocycles. The number of hydrogen-bond donors (Lipinski definition) is 3. The number of nitrogens with one attached hydrogen (secondary N) is 3. The number of rotatable bonds is 3. The maximum Gasteiger partial charge on any atom is 0.407 e. The first-order valence-corrected chi connectivity index (χ1v) is 9.45. The largest absolute Gasteiger partial charge is 0.444 e. The number of carbonyl (C=O) groups is 2. The fourth-order valence-electron chi connectivity index (χ4n) is 3.44. The minimum atomic E-state index is -0.595. The van der Waals surface area contributed by atoms with Crippen molar-refractivity contribution in [1.82, 2.24) is 15.6 Å². The molecule has 3 N–H and O–H groups in total. The van der Waals surface area contributed by atoms with Crippen LogP contribution in [0.4, 0.5) is 15.0 Å². The summed E-state index contributed by atoms with van der Waals surface area (Å²) in [5.74, 6) is -1.01. The van der Waals surface area contributed by atoms with Crippen molar-refractivity contribution >= 4 is 29.4 Å². The summed E-state index contributed by atoms with van der Waals surface area (Å²) in [6.07, 6.45) is 2.89. The average Bonchev–Trinajstić information content (AvgIpc) is 2.95. The second-order valence-electron chi connectivity index (χ2n) is 7.89. The van der Waals surface area contributed by atoms with Crippen LogP contribution in [0.15, 0.2) is 0 Å².